The predicted octanol–water partition coefficient (Wildman–Crippen LogP) is 3.53. The van der Waals surface area contributed by atoms with Crippen molar-refractivity contribution in [2.45, 2.75) is 45.7 Å². The molecule has 0 aromatic carbocycles. The van der Waals surface area contributed by atoms with E-state index in [1.54, 1.807) is 27.7 Å². The van der Waals surface area contributed by atoms with Gasteiger partial charge in [0.15, 0.2) is 5.16 Å². The minimum absolute atomic E-state index is 0.00151. The quantitative estimate of drug-likeness (QED) is 0.262. The molecule has 0 aliphatic rings. The van der Waals surface area contributed by atoms with Gasteiger partial charge in [-0.05, 0) is 27.7 Å². The van der Waals surface area contributed by atoms with Crippen molar-refractivity contribution in [3.63, 3.8) is 0 Å². The van der Waals surface area contributed by atoms with Crippen molar-refractivity contribution >= 4 is 19.5 Å². The van der Waals surface area contributed by atoms with Crippen molar-refractivity contribution in [2.75, 3.05) is 26.4 Å². The molecule has 27 heavy (non-hydrogen) atoms. The zero-order chi connectivity index (χ0) is 21.1. The summed E-state index contributed by atoms with van der Waals surface area (Å²) >= 11 is 0. The van der Waals surface area contributed by atoms with Gasteiger partial charge in [0.25, 0.3) is 0 Å². The van der Waals surface area contributed by atoms with Crippen LogP contribution in [-0.2, 0) is 32.7 Å². The molecule has 0 saturated carbocycles. The smallest absolute Gasteiger partial charge is 0.351 e. The van der Waals surface area contributed by atoms with Crippen molar-refractivity contribution in [1.29, 1.82) is 5.26 Å². The number of hydrogen-bond acceptors (Lipinski definition) is 8. The van der Waals surface area contributed by atoms with Crippen LogP contribution in [0.25, 0.3) is 0 Å². The molecule has 0 aromatic heterocycles. The van der Waals surface area contributed by atoms with Crippen LogP contribution in [-0.4, -0.2) is 43.5 Å². The standard InChI is InChI=1S/C18H28NO7P/c1-7-23-16(20)14(5)11-18(13-19,12-15(6)17(21)24-8-2)27(22,25-9-3)26-10-4/h5-12H2,1-4H3. The summed E-state index contributed by atoms with van der Waals surface area (Å²) in [6.45, 7) is 13.9. The lowest BCUT2D eigenvalue weighted by Crippen LogP contribution is -2.33. The number of ether oxygens (including phenoxy) is 2. The van der Waals surface area contributed by atoms with Crippen molar-refractivity contribution in [2.24, 2.45) is 0 Å². The van der Waals surface area contributed by atoms with E-state index in [0.29, 0.717) is 0 Å². The molecule has 0 N–H and O–H groups in total. The zero-order valence-corrected chi connectivity index (χ0v) is 17.3. The maximum Gasteiger partial charge on any atom is 0.351 e. The molecule has 0 aliphatic carbocycles. The number of esters is 2. The maximum atomic E-state index is 13.4. The first kappa shape index (κ1) is 25.1. The first-order valence-corrected chi connectivity index (χ1v) is 10.2. The van der Waals surface area contributed by atoms with E-state index >= 15 is 0 Å². The van der Waals surface area contributed by atoms with Crippen LogP contribution in [0.4, 0.5) is 0 Å². The summed E-state index contributed by atoms with van der Waals surface area (Å²) in [7, 11) is -4.08. The Morgan fingerprint density at radius 1 is 0.889 bits per heavy atom. The third-order valence-electron chi connectivity index (χ3n) is 3.47. The lowest BCUT2D eigenvalue weighted by molar-refractivity contribution is -0.139. The molecule has 0 spiro atoms. The van der Waals surface area contributed by atoms with E-state index in [-0.39, 0.29) is 50.4 Å². The van der Waals surface area contributed by atoms with E-state index in [9.17, 15) is 19.4 Å². The largest absolute Gasteiger partial charge is 0.463 e. The van der Waals surface area contributed by atoms with Gasteiger partial charge in [-0.25, -0.2) is 9.59 Å². The van der Waals surface area contributed by atoms with Crippen molar-refractivity contribution in [3.8, 4) is 6.07 Å². The second kappa shape index (κ2) is 11.7. The Morgan fingerprint density at radius 3 is 1.52 bits per heavy atom. The van der Waals surface area contributed by atoms with E-state index in [4.69, 9.17) is 18.5 Å². The van der Waals surface area contributed by atoms with E-state index in [1.807, 2.05) is 6.07 Å². The van der Waals surface area contributed by atoms with Gasteiger partial charge in [0, 0.05) is 24.0 Å². The van der Waals surface area contributed by atoms with Crippen LogP contribution in [0, 0.1) is 11.3 Å². The second-order valence-electron chi connectivity index (χ2n) is 5.48. The molecule has 8 nitrogen and oxygen atoms in total. The minimum atomic E-state index is -4.08. The van der Waals surface area contributed by atoms with Crippen LogP contribution in [0.15, 0.2) is 24.3 Å². The molecule has 0 bridgehead atoms. The zero-order valence-electron chi connectivity index (χ0n) is 16.4. The van der Waals surface area contributed by atoms with Crippen LogP contribution >= 0.6 is 7.60 Å². The van der Waals surface area contributed by atoms with Crippen LogP contribution in [0.1, 0.15) is 40.5 Å². The Morgan fingerprint density at radius 2 is 1.26 bits per heavy atom. The summed E-state index contributed by atoms with van der Waals surface area (Å²) in [5, 5.41) is 8.04. The molecule has 0 aliphatic heterocycles. The van der Waals surface area contributed by atoms with E-state index in [0.717, 1.165) is 0 Å². The highest BCUT2D eigenvalue weighted by molar-refractivity contribution is 7.56. The van der Waals surface area contributed by atoms with Crippen molar-refractivity contribution < 1.29 is 32.7 Å². The normalized spacial score (nSPS) is 11.4. The van der Waals surface area contributed by atoms with Gasteiger partial charge in [-0.3, -0.25) is 4.57 Å². The summed E-state index contributed by atoms with van der Waals surface area (Å²) in [4.78, 5) is 24.0. The lowest BCUT2D eigenvalue weighted by Gasteiger charge is -2.33. The molecular formula is C18H28NO7P. The molecule has 152 valence electrons. The Hall–Kier alpha value is -1.94. The lowest BCUT2D eigenvalue weighted by atomic mass is 9.93. The highest BCUT2D eigenvalue weighted by atomic mass is 31.2. The number of hydrogen-bond donors (Lipinski definition) is 0. The third kappa shape index (κ3) is 6.62. The first-order valence-electron chi connectivity index (χ1n) is 8.67. The fourth-order valence-corrected chi connectivity index (χ4v) is 4.48. The van der Waals surface area contributed by atoms with Crippen LogP contribution < -0.4 is 0 Å². The number of carbonyl (C=O) groups is 2. The Balaban J connectivity index is 6.09. The van der Waals surface area contributed by atoms with Crippen LogP contribution in [0.2, 0.25) is 0 Å². The summed E-state index contributed by atoms with van der Waals surface area (Å²) in [5.41, 5.74) is -0.177. The van der Waals surface area contributed by atoms with Crippen LogP contribution in [0.3, 0.4) is 0 Å². The van der Waals surface area contributed by atoms with Crippen molar-refractivity contribution in [3.05, 3.63) is 24.3 Å². The number of rotatable bonds is 13. The number of carbonyl (C=O) groups excluding carboxylic acids is 2. The molecule has 0 atom stereocenters. The number of nitriles is 1. The molecule has 0 heterocycles. The van der Waals surface area contributed by atoms with Gasteiger partial charge in [0.1, 0.15) is 0 Å². The minimum Gasteiger partial charge on any atom is -0.463 e. The molecule has 0 saturated heterocycles. The molecule has 0 rings (SSSR count). The van der Waals surface area contributed by atoms with Crippen LogP contribution in [0.5, 0.6) is 0 Å². The topological polar surface area (TPSA) is 112 Å². The van der Waals surface area contributed by atoms with E-state index < -0.39 is 24.7 Å². The summed E-state index contributed by atoms with van der Waals surface area (Å²) < 4.78 is 33.9. The fourth-order valence-electron chi connectivity index (χ4n) is 2.34. The average Bonchev–Trinajstić information content (AvgIpc) is 2.61. The first-order chi connectivity index (χ1) is 12.7. The van der Waals surface area contributed by atoms with E-state index in [1.165, 1.54) is 0 Å². The molecule has 0 fully saturated rings. The molecule has 9 heteroatoms. The van der Waals surface area contributed by atoms with Gasteiger partial charge in [-0.1, -0.05) is 13.2 Å². The highest BCUT2D eigenvalue weighted by Gasteiger charge is 2.53. The Kier molecular flexibility index (Phi) is 10.9. The van der Waals surface area contributed by atoms with Gasteiger partial charge in [0.05, 0.1) is 32.5 Å². The summed E-state index contributed by atoms with van der Waals surface area (Å²) in [6, 6.07) is 1.93. The molecule has 0 unspecified atom stereocenters. The van der Waals surface area contributed by atoms with Gasteiger partial charge >= 0.3 is 19.5 Å². The summed E-state index contributed by atoms with van der Waals surface area (Å²) in [6.07, 6.45) is -0.754. The molecule has 0 radical (unpaired) electrons. The Bertz CT molecular complexity index is 609. The third-order valence-corrected chi connectivity index (χ3v) is 6.13. The average molecular weight is 401 g/mol. The highest BCUT2D eigenvalue weighted by Crippen LogP contribution is 2.64. The predicted molar refractivity (Wildman–Crippen MR) is 100.0 cm³/mol. The molecular weight excluding hydrogens is 373 g/mol. The number of nitrogens with zero attached hydrogens (tertiary/aromatic N) is 1. The van der Waals surface area contributed by atoms with Gasteiger partial charge in [-0.2, -0.15) is 5.26 Å². The van der Waals surface area contributed by atoms with Gasteiger partial charge < -0.3 is 18.5 Å². The van der Waals surface area contributed by atoms with Gasteiger partial charge in [0.2, 0.25) is 0 Å². The summed E-state index contributed by atoms with van der Waals surface area (Å²) in [5.74, 6) is -1.48. The fraction of sp³-hybridized carbons (Fsp3) is 0.611. The Labute approximate surface area is 160 Å². The SMILES string of the molecule is C=C(CC(C#N)(CC(=C)C(=O)OCC)P(=O)(OCC)OCC)C(=O)OCC. The van der Waals surface area contributed by atoms with E-state index in [2.05, 4.69) is 13.2 Å². The molecule has 0 amide bonds. The maximum absolute atomic E-state index is 13.4. The second-order valence-corrected chi connectivity index (χ2v) is 7.85. The molecule has 0 aromatic rings. The van der Waals surface area contributed by atoms with Gasteiger partial charge in [-0.15, -0.1) is 0 Å². The van der Waals surface area contributed by atoms with Crippen molar-refractivity contribution in [1.82, 2.24) is 0 Å². The monoisotopic (exact) mass is 401 g/mol.